The summed E-state index contributed by atoms with van der Waals surface area (Å²) in [6, 6.07) is 2.16. The molecule has 1 aromatic heterocycles. The van der Waals surface area contributed by atoms with Gasteiger partial charge >= 0.3 is 0 Å². The molecule has 1 atom stereocenters. The molecule has 0 saturated heterocycles. The highest BCUT2D eigenvalue weighted by Crippen LogP contribution is 2.32. The van der Waals surface area contributed by atoms with Gasteiger partial charge in [-0.1, -0.05) is 12.8 Å². The van der Waals surface area contributed by atoms with E-state index >= 15 is 0 Å². The van der Waals surface area contributed by atoms with Crippen molar-refractivity contribution in [1.82, 2.24) is 4.57 Å². The van der Waals surface area contributed by atoms with Gasteiger partial charge in [-0.05, 0) is 45.1 Å². The predicted octanol–water partition coefficient (Wildman–Crippen LogP) is 3.13. The largest absolute Gasteiger partial charge is 0.388 e. The summed E-state index contributed by atoms with van der Waals surface area (Å²) in [6.45, 7) is 3.88. The molecule has 0 aromatic carbocycles. The zero-order valence-corrected chi connectivity index (χ0v) is 11.9. The molecule has 3 nitrogen and oxygen atoms in total. The molecule has 1 fully saturated rings. The second-order valence-electron chi connectivity index (χ2n) is 6.02. The fourth-order valence-electron chi connectivity index (χ4n) is 3.62. The molecule has 1 N–H and O–H groups in total. The van der Waals surface area contributed by atoms with E-state index < -0.39 is 0 Å². The lowest BCUT2D eigenvalue weighted by atomic mass is 9.95. The Bertz CT molecular complexity index is 432. The van der Waals surface area contributed by atoms with Crippen LogP contribution in [0.25, 0.3) is 0 Å². The van der Waals surface area contributed by atoms with Gasteiger partial charge < -0.3 is 14.4 Å². The molecule has 2 aliphatic rings. The lowest BCUT2D eigenvalue weighted by Crippen LogP contribution is -2.17. The summed E-state index contributed by atoms with van der Waals surface area (Å²) in [5, 5.41) is 10.1. The van der Waals surface area contributed by atoms with Crippen molar-refractivity contribution in [3.63, 3.8) is 0 Å². The number of hydrogen-bond acceptors (Lipinski definition) is 2. The number of fused-ring (bicyclic) bond motifs is 1. The van der Waals surface area contributed by atoms with E-state index in [1.54, 1.807) is 0 Å². The van der Waals surface area contributed by atoms with E-state index in [9.17, 15) is 5.11 Å². The van der Waals surface area contributed by atoms with Gasteiger partial charge in [-0.3, -0.25) is 0 Å². The van der Waals surface area contributed by atoms with Crippen molar-refractivity contribution in [3.8, 4) is 0 Å². The number of nitrogens with zero attached hydrogens (tertiary/aromatic N) is 1. The standard InChI is InChI=1S/C16H25NO2/c1-12-11-14-15(7-4-8-16(14)18)17(12)9-10-19-13-5-2-3-6-13/h11,13,16,18H,2-10H2,1H3. The molecule has 3 heteroatoms. The number of aliphatic hydroxyl groups excluding tert-OH is 1. The quantitative estimate of drug-likeness (QED) is 0.905. The number of hydrogen-bond donors (Lipinski definition) is 1. The van der Waals surface area contributed by atoms with Gasteiger partial charge in [0.1, 0.15) is 0 Å². The third kappa shape index (κ3) is 2.72. The maximum atomic E-state index is 10.1. The molecule has 2 aliphatic carbocycles. The third-order valence-corrected chi connectivity index (χ3v) is 4.67. The molecule has 1 aromatic rings. The normalized spacial score (nSPS) is 23.8. The summed E-state index contributed by atoms with van der Waals surface area (Å²) in [7, 11) is 0. The van der Waals surface area contributed by atoms with Gasteiger partial charge in [0, 0.05) is 23.5 Å². The first-order valence-corrected chi connectivity index (χ1v) is 7.74. The second kappa shape index (κ2) is 5.68. The zero-order chi connectivity index (χ0) is 13.2. The van der Waals surface area contributed by atoms with Crippen LogP contribution in [-0.4, -0.2) is 22.4 Å². The Labute approximate surface area is 115 Å². The van der Waals surface area contributed by atoms with Crippen molar-refractivity contribution in [2.24, 2.45) is 0 Å². The lowest BCUT2D eigenvalue weighted by Gasteiger charge is -2.21. The number of aliphatic hydroxyl groups is 1. The van der Waals surface area contributed by atoms with Gasteiger partial charge in [-0.2, -0.15) is 0 Å². The molecule has 0 bridgehead atoms. The highest BCUT2D eigenvalue weighted by Gasteiger charge is 2.23. The minimum Gasteiger partial charge on any atom is -0.388 e. The molecular formula is C16H25NO2. The van der Waals surface area contributed by atoms with E-state index in [1.165, 1.54) is 37.1 Å². The van der Waals surface area contributed by atoms with Crippen LogP contribution in [0.2, 0.25) is 0 Å². The van der Waals surface area contributed by atoms with Gasteiger partial charge in [0.15, 0.2) is 0 Å². The van der Waals surface area contributed by atoms with Crippen molar-refractivity contribution in [3.05, 3.63) is 23.0 Å². The molecule has 19 heavy (non-hydrogen) atoms. The van der Waals surface area contributed by atoms with Gasteiger partial charge in [0.25, 0.3) is 0 Å². The molecule has 0 spiro atoms. The van der Waals surface area contributed by atoms with Crippen molar-refractivity contribution in [1.29, 1.82) is 0 Å². The fourth-order valence-corrected chi connectivity index (χ4v) is 3.62. The monoisotopic (exact) mass is 263 g/mol. The van der Waals surface area contributed by atoms with Gasteiger partial charge in [-0.15, -0.1) is 0 Å². The van der Waals surface area contributed by atoms with E-state index in [4.69, 9.17) is 4.74 Å². The summed E-state index contributed by atoms with van der Waals surface area (Å²) in [6.07, 6.45) is 8.49. The maximum absolute atomic E-state index is 10.1. The first kappa shape index (κ1) is 13.2. The molecule has 3 rings (SSSR count). The van der Waals surface area contributed by atoms with Crippen LogP contribution in [0, 0.1) is 6.92 Å². The highest BCUT2D eigenvalue weighted by molar-refractivity contribution is 5.31. The SMILES string of the molecule is Cc1cc2c(n1CCOC1CCCC1)CCCC2O. The van der Waals surface area contributed by atoms with Gasteiger partial charge in [0.05, 0.1) is 18.8 Å². The van der Waals surface area contributed by atoms with Crippen LogP contribution in [0.5, 0.6) is 0 Å². The van der Waals surface area contributed by atoms with Gasteiger partial charge in [-0.25, -0.2) is 0 Å². The summed E-state index contributed by atoms with van der Waals surface area (Å²) in [5.41, 5.74) is 3.76. The average molecular weight is 263 g/mol. The first-order chi connectivity index (χ1) is 9.25. The number of ether oxygens (including phenoxy) is 1. The molecule has 1 unspecified atom stereocenters. The molecule has 0 radical (unpaired) electrons. The van der Waals surface area contributed by atoms with Crippen molar-refractivity contribution in [2.45, 2.75) is 70.6 Å². The summed E-state index contributed by atoms with van der Waals surface area (Å²) in [5.74, 6) is 0. The maximum Gasteiger partial charge on any atom is 0.0807 e. The van der Waals surface area contributed by atoms with Crippen molar-refractivity contribution >= 4 is 0 Å². The van der Waals surface area contributed by atoms with Crippen LogP contribution in [0.1, 0.15) is 61.6 Å². The lowest BCUT2D eigenvalue weighted by molar-refractivity contribution is 0.0522. The van der Waals surface area contributed by atoms with Crippen LogP contribution in [0.15, 0.2) is 6.07 Å². The Kier molecular flexibility index (Phi) is 3.94. The number of aromatic nitrogens is 1. The van der Waals surface area contributed by atoms with Crippen LogP contribution in [0.3, 0.4) is 0 Å². The van der Waals surface area contributed by atoms with E-state index in [0.29, 0.717) is 6.10 Å². The summed E-state index contributed by atoms with van der Waals surface area (Å²) >= 11 is 0. The Morgan fingerprint density at radius 3 is 2.84 bits per heavy atom. The van der Waals surface area contributed by atoms with Crippen molar-refractivity contribution in [2.75, 3.05) is 6.61 Å². The predicted molar refractivity (Wildman–Crippen MR) is 75.3 cm³/mol. The molecular weight excluding hydrogens is 238 g/mol. The Balaban J connectivity index is 1.63. The molecule has 0 amide bonds. The number of rotatable bonds is 4. The second-order valence-corrected chi connectivity index (χ2v) is 6.02. The first-order valence-electron chi connectivity index (χ1n) is 7.74. The fraction of sp³-hybridized carbons (Fsp3) is 0.750. The topological polar surface area (TPSA) is 34.4 Å². The van der Waals surface area contributed by atoms with Crippen LogP contribution in [-0.2, 0) is 17.7 Å². The van der Waals surface area contributed by atoms with E-state index in [2.05, 4.69) is 17.6 Å². The van der Waals surface area contributed by atoms with Crippen molar-refractivity contribution < 1.29 is 9.84 Å². The molecule has 106 valence electrons. The highest BCUT2D eigenvalue weighted by atomic mass is 16.5. The Hall–Kier alpha value is -0.800. The summed E-state index contributed by atoms with van der Waals surface area (Å²) < 4.78 is 8.32. The minimum atomic E-state index is -0.251. The van der Waals surface area contributed by atoms with Crippen LogP contribution < -0.4 is 0 Å². The van der Waals surface area contributed by atoms with Crippen LogP contribution in [0.4, 0.5) is 0 Å². The summed E-state index contributed by atoms with van der Waals surface area (Å²) in [4.78, 5) is 0. The van der Waals surface area contributed by atoms with Gasteiger partial charge in [0.2, 0.25) is 0 Å². The average Bonchev–Trinajstić information content (AvgIpc) is 3.00. The number of aryl methyl sites for hydroxylation is 1. The zero-order valence-electron chi connectivity index (χ0n) is 11.9. The smallest absolute Gasteiger partial charge is 0.0807 e. The molecule has 1 saturated carbocycles. The van der Waals surface area contributed by atoms with Crippen LogP contribution >= 0.6 is 0 Å². The van der Waals surface area contributed by atoms with E-state index in [0.717, 1.165) is 38.0 Å². The van der Waals surface area contributed by atoms with E-state index in [-0.39, 0.29) is 6.10 Å². The van der Waals surface area contributed by atoms with E-state index in [1.807, 2.05) is 0 Å². The Morgan fingerprint density at radius 2 is 2.05 bits per heavy atom. The molecule has 1 heterocycles. The Morgan fingerprint density at radius 1 is 1.26 bits per heavy atom. The molecule has 0 aliphatic heterocycles. The minimum absolute atomic E-state index is 0.251. The third-order valence-electron chi connectivity index (χ3n) is 4.67.